The zero-order valence-corrected chi connectivity index (χ0v) is 11.0. The second-order valence-electron chi connectivity index (χ2n) is 5.16. The van der Waals surface area contributed by atoms with Crippen LogP contribution in [0.1, 0.15) is 29.9 Å². The summed E-state index contributed by atoms with van der Waals surface area (Å²) in [4.78, 5) is 0. The standard InChI is InChI=1S/C14H17NO2S/c16-18(17)7-6-14(10-18)15-9-11-2-1-3-13(8-11)12-4-5-12/h1-3,6-8,12,14-15H,4-5,9-10H2. The van der Waals surface area contributed by atoms with Gasteiger partial charge >= 0.3 is 0 Å². The summed E-state index contributed by atoms with van der Waals surface area (Å²) >= 11 is 0. The van der Waals surface area contributed by atoms with Crippen molar-refractivity contribution in [3.8, 4) is 0 Å². The van der Waals surface area contributed by atoms with Gasteiger partial charge in [0.05, 0.1) is 5.75 Å². The van der Waals surface area contributed by atoms with Gasteiger partial charge in [-0.15, -0.1) is 0 Å². The van der Waals surface area contributed by atoms with Gasteiger partial charge < -0.3 is 5.32 Å². The van der Waals surface area contributed by atoms with Gasteiger partial charge in [0.1, 0.15) is 0 Å². The van der Waals surface area contributed by atoms with Crippen LogP contribution in [0.2, 0.25) is 0 Å². The molecule has 1 N–H and O–H groups in total. The zero-order valence-electron chi connectivity index (χ0n) is 10.2. The van der Waals surface area contributed by atoms with E-state index in [-0.39, 0.29) is 11.8 Å². The van der Waals surface area contributed by atoms with Crippen molar-refractivity contribution in [1.82, 2.24) is 5.32 Å². The number of rotatable bonds is 4. The number of sulfone groups is 1. The van der Waals surface area contributed by atoms with Crippen LogP contribution in [-0.4, -0.2) is 20.2 Å². The summed E-state index contributed by atoms with van der Waals surface area (Å²) in [6.45, 7) is 0.727. The highest BCUT2D eigenvalue weighted by atomic mass is 32.2. The highest BCUT2D eigenvalue weighted by molar-refractivity contribution is 7.94. The van der Waals surface area contributed by atoms with E-state index in [1.807, 2.05) is 0 Å². The Balaban J connectivity index is 1.60. The average molecular weight is 263 g/mol. The van der Waals surface area contributed by atoms with Gasteiger partial charge in [0.2, 0.25) is 0 Å². The molecule has 4 heteroatoms. The van der Waals surface area contributed by atoms with E-state index in [1.54, 1.807) is 6.08 Å². The lowest BCUT2D eigenvalue weighted by Gasteiger charge is -2.10. The van der Waals surface area contributed by atoms with Crippen LogP contribution < -0.4 is 5.32 Å². The normalized spacial score (nSPS) is 25.4. The zero-order chi connectivity index (χ0) is 12.6. The molecule has 0 aromatic heterocycles. The van der Waals surface area contributed by atoms with Crippen LogP contribution in [0.5, 0.6) is 0 Å². The summed E-state index contributed by atoms with van der Waals surface area (Å²) in [6.07, 6.45) is 4.35. The molecular weight excluding hydrogens is 246 g/mol. The molecule has 0 radical (unpaired) electrons. The summed E-state index contributed by atoms with van der Waals surface area (Å²) in [5.41, 5.74) is 2.65. The largest absolute Gasteiger partial charge is 0.305 e. The molecule has 1 atom stereocenters. The quantitative estimate of drug-likeness (QED) is 0.903. The van der Waals surface area contributed by atoms with Crippen LogP contribution in [0.15, 0.2) is 35.7 Å². The van der Waals surface area contributed by atoms with E-state index in [2.05, 4.69) is 29.6 Å². The molecule has 2 aliphatic rings. The minimum atomic E-state index is -2.95. The van der Waals surface area contributed by atoms with E-state index in [1.165, 1.54) is 29.4 Å². The van der Waals surface area contributed by atoms with Gasteiger partial charge in [-0.2, -0.15) is 0 Å². The molecule has 1 saturated carbocycles. The van der Waals surface area contributed by atoms with E-state index in [9.17, 15) is 8.42 Å². The van der Waals surface area contributed by atoms with E-state index in [0.717, 1.165) is 12.5 Å². The molecule has 1 aliphatic carbocycles. The van der Waals surface area contributed by atoms with Crippen LogP contribution in [-0.2, 0) is 16.4 Å². The Morgan fingerprint density at radius 1 is 1.28 bits per heavy atom. The second kappa shape index (κ2) is 4.52. The number of nitrogens with one attached hydrogen (secondary N) is 1. The predicted octanol–water partition coefficient (Wildman–Crippen LogP) is 1.96. The van der Waals surface area contributed by atoms with Crippen molar-refractivity contribution < 1.29 is 8.42 Å². The third-order valence-corrected chi connectivity index (χ3v) is 4.89. The molecule has 0 saturated heterocycles. The van der Waals surface area contributed by atoms with Crippen LogP contribution in [0.3, 0.4) is 0 Å². The molecule has 1 aromatic carbocycles. The fraction of sp³-hybridized carbons (Fsp3) is 0.429. The van der Waals surface area contributed by atoms with Crippen molar-refractivity contribution in [1.29, 1.82) is 0 Å². The Labute approximate surface area is 108 Å². The number of hydrogen-bond donors (Lipinski definition) is 1. The van der Waals surface area contributed by atoms with Gasteiger partial charge in [-0.3, -0.25) is 0 Å². The highest BCUT2D eigenvalue weighted by Gasteiger charge is 2.24. The summed E-state index contributed by atoms with van der Waals surface area (Å²) in [5.74, 6) is 0.951. The monoisotopic (exact) mass is 263 g/mol. The Bertz CT molecular complexity index is 573. The molecular formula is C14H17NO2S. The van der Waals surface area contributed by atoms with Gasteiger partial charge in [-0.25, -0.2) is 8.42 Å². The molecule has 0 bridgehead atoms. The fourth-order valence-electron chi connectivity index (χ4n) is 2.33. The van der Waals surface area contributed by atoms with Gasteiger partial charge in [0.25, 0.3) is 0 Å². The first kappa shape index (κ1) is 11.9. The molecule has 0 amide bonds. The van der Waals surface area contributed by atoms with Crippen molar-refractivity contribution in [2.75, 3.05) is 5.75 Å². The van der Waals surface area contributed by atoms with Crippen molar-refractivity contribution in [3.63, 3.8) is 0 Å². The van der Waals surface area contributed by atoms with Crippen molar-refractivity contribution in [3.05, 3.63) is 46.9 Å². The van der Waals surface area contributed by atoms with Crippen LogP contribution in [0.25, 0.3) is 0 Å². The van der Waals surface area contributed by atoms with Gasteiger partial charge in [0.15, 0.2) is 9.84 Å². The molecule has 1 aliphatic heterocycles. The molecule has 1 fully saturated rings. The van der Waals surface area contributed by atoms with E-state index >= 15 is 0 Å². The summed E-state index contributed by atoms with van der Waals surface area (Å²) in [7, 11) is -2.95. The third kappa shape index (κ3) is 2.82. The summed E-state index contributed by atoms with van der Waals surface area (Å²) in [5, 5.41) is 4.58. The Kier molecular flexibility index (Phi) is 2.99. The molecule has 0 spiro atoms. The average Bonchev–Trinajstić information content (AvgIpc) is 3.13. The lowest BCUT2D eigenvalue weighted by molar-refractivity contribution is 0.590. The maximum Gasteiger partial charge on any atom is 0.173 e. The third-order valence-electron chi connectivity index (χ3n) is 3.50. The fourth-order valence-corrected chi connectivity index (χ4v) is 3.60. The van der Waals surface area contributed by atoms with E-state index < -0.39 is 9.84 Å². The maximum atomic E-state index is 11.3. The molecule has 96 valence electrons. The Morgan fingerprint density at radius 2 is 2.11 bits per heavy atom. The topological polar surface area (TPSA) is 46.2 Å². The number of benzene rings is 1. The minimum Gasteiger partial charge on any atom is -0.305 e. The first-order chi connectivity index (χ1) is 8.62. The summed E-state index contributed by atoms with van der Waals surface area (Å²) < 4.78 is 22.6. The van der Waals surface area contributed by atoms with Crippen molar-refractivity contribution >= 4 is 9.84 Å². The van der Waals surface area contributed by atoms with E-state index in [0.29, 0.717) is 0 Å². The molecule has 1 unspecified atom stereocenters. The minimum absolute atomic E-state index is 0.0421. The predicted molar refractivity (Wildman–Crippen MR) is 72.0 cm³/mol. The lowest BCUT2D eigenvalue weighted by Crippen LogP contribution is -2.29. The Morgan fingerprint density at radius 3 is 2.78 bits per heavy atom. The van der Waals surface area contributed by atoms with Crippen molar-refractivity contribution in [2.24, 2.45) is 0 Å². The first-order valence-corrected chi connectivity index (χ1v) is 8.07. The van der Waals surface area contributed by atoms with Crippen LogP contribution >= 0.6 is 0 Å². The molecule has 1 aromatic rings. The van der Waals surface area contributed by atoms with Crippen LogP contribution in [0, 0.1) is 0 Å². The van der Waals surface area contributed by atoms with Crippen LogP contribution in [0.4, 0.5) is 0 Å². The summed E-state index contributed by atoms with van der Waals surface area (Å²) in [6, 6.07) is 8.55. The van der Waals surface area contributed by atoms with E-state index in [4.69, 9.17) is 0 Å². The number of hydrogen-bond acceptors (Lipinski definition) is 3. The highest BCUT2D eigenvalue weighted by Crippen LogP contribution is 2.40. The second-order valence-corrected chi connectivity index (χ2v) is 7.10. The van der Waals surface area contributed by atoms with Gasteiger partial charge in [-0.05, 0) is 29.9 Å². The smallest absolute Gasteiger partial charge is 0.173 e. The first-order valence-electron chi connectivity index (χ1n) is 6.35. The SMILES string of the molecule is O=S1(=O)C=CC(NCc2cccc(C3CC3)c2)C1. The van der Waals surface area contributed by atoms with Gasteiger partial charge in [0, 0.05) is 18.0 Å². The molecule has 3 rings (SSSR count). The lowest BCUT2D eigenvalue weighted by atomic mass is 10.1. The maximum absolute atomic E-state index is 11.3. The Hall–Kier alpha value is -1.13. The molecule has 3 nitrogen and oxygen atoms in total. The molecule has 1 heterocycles. The van der Waals surface area contributed by atoms with Crippen molar-refractivity contribution in [2.45, 2.75) is 31.3 Å². The molecule has 18 heavy (non-hydrogen) atoms. The van der Waals surface area contributed by atoms with Gasteiger partial charge in [-0.1, -0.05) is 30.3 Å².